The minimum absolute atomic E-state index is 0. The van der Waals surface area contributed by atoms with Crippen LogP contribution in [0.1, 0.15) is 0 Å². The van der Waals surface area contributed by atoms with Crippen molar-refractivity contribution in [2.75, 3.05) is 6.61 Å². The Bertz CT molecular complexity index is 225. The van der Waals surface area contributed by atoms with Gasteiger partial charge in [0.2, 0.25) is 0 Å². The van der Waals surface area contributed by atoms with E-state index < -0.39 is 43.5 Å². The van der Waals surface area contributed by atoms with Crippen LogP contribution in [0.25, 0.3) is 0 Å². The van der Waals surface area contributed by atoms with Crippen molar-refractivity contribution >= 4 is 6.16 Å². The average molecular weight is 264 g/mol. The Morgan fingerprint density at radius 3 is 1.88 bits per heavy atom. The van der Waals surface area contributed by atoms with Crippen molar-refractivity contribution in [3.8, 4) is 0 Å². The summed E-state index contributed by atoms with van der Waals surface area (Å²) >= 11 is 0. The molecule has 0 aliphatic carbocycles. The van der Waals surface area contributed by atoms with Crippen molar-refractivity contribution < 1.29 is 74.8 Å². The second-order valence-electron chi connectivity index (χ2n) is 2.98. The van der Waals surface area contributed by atoms with Gasteiger partial charge < -0.3 is 45.3 Å². The summed E-state index contributed by atoms with van der Waals surface area (Å²) in [5.41, 5.74) is 0. The van der Waals surface area contributed by atoms with Crippen molar-refractivity contribution in [3.63, 3.8) is 0 Å². The summed E-state index contributed by atoms with van der Waals surface area (Å²) in [5, 5.41) is 63.3. The molecule has 9 nitrogen and oxygen atoms in total. The molecule has 6 N–H and O–H groups in total. The third kappa shape index (κ3) is 6.50. The third-order valence-electron chi connectivity index (χ3n) is 1.79. The molecule has 17 heavy (non-hydrogen) atoms. The summed E-state index contributed by atoms with van der Waals surface area (Å²) in [5.74, 6) is 0. The Morgan fingerprint density at radius 1 is 1.06 bits per heavy atom. The fraction of sp³-hybridized carbons (Fsp3) is 0.857. The van der Waals surface area contributed by atoms with Gasteiger partial charge in [0.1, 0.15) is 24.4 Å². The van der Waals surface area contributed by atoms with Crippen LogP contribution in [0.15, 0.2) is 0 Å². The van der Waals surface area contributed by atoms with E-state index in [1.807, 2.05) is 0 Å². The molecule has 10 heteroatoms. The largest absolute Gasteiger partial charge is 1.00 e. The predicted octanol–water partition coefficient (Wildman–Crippen LogP) is -7.90. The van der Waals surface area contributed by atoms with E-state index in [0.717, 1.165) is 0 Å². The zero-order valence-electron chi connectivity index (χ0n) is 9.00. The number of hydrogen-bond donors (Lipinski definition) is 6. The molecule has 0 spiro atoms. The maximum atomic E-state index is 9.86. The van der Waals surface area contributed by atoms with Gasteiger partial charge in [-0.25, -0.2) is 0 Å². The molecular formula is C7H13NaO9. The van der Waals surface area contributed by atoms with E-state index in [2.05, 4.69) is 4.74 Å². The molecule has 0 aromatic heterocycles. The number of carboxylic acid groups (broad SMARTS) is 1. The van der Waals surface area contributed by atoms with Gasteiger partial charge in [-0.15, -0.1) is 0 Å². The second-order valence-corrected chi connectivity index (χ2v) is 2.98. The number of rotatable bonds is 6. The number of carbonyl (C=O) groups is 1. The SMILES string of the molecule is O=C([O-])OC(O)[C@H](O)[C@@H](O)[C@H](O)[C@H](O)CO.[Na+]. The molecule has 0 amide bonds. The molecule has 0 radical (unpaired) electrons. The quantitative estimate of drug-likeness (QED) is 0.155. The van der Waals surface area contributed by atoms with Gasteiger partial charge in [-0.2, -0.15) is 0 Å². The molecule has 96 valence electrons. The Hall–Kier alpha value is 0.0300. The van der Waals surface area contributed by atoms with Crippen molar-refractivity contribution in [1.82, 2.24) is 0 Å². The standard InChI is InChI=1S/C7H14O9.Na/c8-1-2(9)3(10)4(11)5(12)6(13)16-7(14)15;/h2-6,8-13H,1H2,(H,14,15);/q;+1/p-1/t2-,3-,4+,5-,6?;/m1./s1. The molecule has 0 rings (SSSR count). The molecule has 0 heterocycles. The maximum Gasteiger partial charge on any atom is 1.00 e. The normalized spacial score (nSPS) is 19.4. The van der Waals surface area contributed by atoms with Crippen LogP contribution in [0.4, 0.5) is 4.79 Å². The van der Waals surface area contributed by atoms with Crippen LogP contribution < -0.4 is 34.7 Å². The van der Waals surface area contributed by atoms with Crippen LogP contribution in [-0.2, 0) is 4.74 Å². The maximum absolute atomic E-state index is 9.86. The number of aliphatic hydroxyl groups excluding tert-OH is 6. The van der Waals surface area contributed by atoms with E-state index in [4.69, 9.17) is 30.6 Å². The van der Waals surface area contributed by atoms with Crippen LogP contribution in [0.2, 0.25) is 0 Å². The van der Waals surface area contributed by atoms with Gasteiger partial charge >= 0.3 is 29.6 Å². The zero-order chi connectivity index (χ0) is 12.9. The minimum atomic E-state index is -2.35. The van der Waals surface area contributed by atoms with Gasteiger partial charge in [-0.05, 0) is 0 Å². The first-order chi connectivity index (χ1) is 7.31. The average Bonchev–Trinajstić information content (AvgIpc) is 2.23. The van der Waals surface area contributed by atoms with Crippen molar-refractivity contribution in [2.45, 2.75) is 30.7 Å². The van der Waals surface area contributed by atoms with Gasteiger partial charge in [-0.3, -0.25) is 0 Å². The summed E-state index contributed by atoms with van der Waals surface area (Å²) in [4.78, 5) is 9.86. The molecule has 5 atom stereocenters. The smallest absolute Gasteiger partial charge is 0.518 e. The van der Waals surface area contributed by atoms with E-state index in [-0.39, 0.29) is 29.6 Å². The van der Waals surface area contributed by atoms with Gasteiger partial charge in [0, 0.05) is 0 Å². The van der Waals surface area contributed by atoms with Crippen molar-refractivity contribution in [2.24, 2.45) is 0 Å². The summed E-state index contributed by atoms with van der Waals surface area (Å²) in [6, 6.07) is 0. The van der Waals surface area contributed by atoms with E-state index in [0.29, 0.717) is 0 Å². The topological polar surface area (TPSA) is 171 Å². The Labute approximate surface area is 118 Å². The van der Waals surface area contributed by atoms with E-state index >= 15 is 0 Å². The minimum Gasteiger partial charge on any atom is -0.518 e. The molecule has 0 saturated heterocycles. The molecule has 0 bridgehead atoms. The van der Waals surface area contributed by atoms with Crippen LogP contribution in [0.3, 0.4) is 0 Å². The molecule has 0 fully saturated rings. The molecule has 1 unspecified atom stereocenters. The molecule has 0 aromatic carbocycles. The fourth-order valence-corrected chi connectivity index (χ4v) is 0.875. The molecule has 0 aliphatic heterocycles. The first kappa shape index (κ1) is 19.4. The summed E-state index contributed by atoms with van der Waals surface area (Å²) < 4.78 is 3.59. The zero-order valence-corrected chi connectivity index (χ0v) is 11.0. The predicted molar refractivity (Wildman–Crippen MR) is 43.6 cm³/mol. The molecular weight excluding hydrogens is 251 g/mol. The number of carbonyl (C=O) groups excluding carboxylic acids is 1. The first-order valence-electron chi connectivity index (χ1n) is 4.20. The van der Waals surface area contributed by atoms with Crippen LogP contribution in [0.5, 0.6) is 0 Å². The molecule has 0 aliphatic rings. The summed E-state index contributed by atoms with van der Waals surface area (Å²) in [6.45, 7) is -0.900. The van der Waals surface area contributed by atoms with Crippen LogP contribution >= 0.6 is 0 Å². The third-order valence-corrected chi connectivity index (χ3v) is 1.79. The van der Waals surface area contributed by atoms with Crippen LogP contribution in [0, 0.1) is 0 Å². The van der Waals surface area contributed by atoms with Crippen LogP contribution in [-0.4, -0.2) is 74.1 Å². The number of ether oxygens (including phenoxy) is 1. The molecule has 0 aromatic rings. The van der Waals surface area contributed by atoms with E-state index in [1.165, 1.54) is 0 Å². The number of hydrogen-bond acceptors (Lipinski definition) is 9. The summed E-state index contributed by atoms with van der Waals surface area (Å²) in [6.07, 6.45) is -12.6. The van der Waals surface area contributed by atoms with Gasteiger partial charge in [0.05, 0.1) is 6.61 Å². The van der Waals surface area contributed by atoms with Crippen molar-refractivity contribution in [1.29, 1.82) is 0 Å². The Kier molecular flexibility index (Phi) is 10.3. The van der Waals surface area contributed by atoms with E-state index in [9.17, 15) is 9.90 Å². The van der Waals surface area contributed by atoms with Crippen molar-refractivity contribution in [3.05, 3.63) is 0 Å². The number of aliphatic hydroxyl groups is 6. The van der Waals surface area contributed by atoms with E-state index in [1.54, 1.807) is 0 Å². The Morgan fingerprint density at radius 2 is 1.53 bits per heavy atom. The molecule has 0 saturated carbocycles. The van der Waals surface area contributed by atoms with Gasteiger partial charge in [-0.1, -0.05) is 0 Å². The fourth-order valence-electron chi connectivity index (χ4n) is 0.875. The summed E-state index contributed by atoms with van der Waals surface area (Å²) in [7, 11) is 0. The monoisotopic (exact) mass is 264 g/mol. The second kappa shape index (κ2) is 9.03. The Balaban J connectivity index is 0. The first-order valence-corrected chi connectivity index (χ1v) is 4.20. The van der Waals surface area contributed by atoms with Gasteiger partial charge in [0.25, 0.3) is 6.16 Å². The van der Waals surface area contributed by atoms with Gasteiger partial charge in [0.15, 0.2) is 6.29 Å².